The summed E-state index contributed by atoms with van der Waals surface area (Å²) in [6.45, 7) is 5.67. The molecule has 0 aliphatic carbocycles. The molecular formula is C17H18N2O3S2. The predicted molar refractivity (Wildman–Crippen MR) is 96.1 cm³/mol. The van der Waals surface area contributed by atoms with E-state index in [1.54, 1.807) is 25.2 Å². The summed E-state index contributed by atoms with van der Waals surface area (Å²) >= 11 is 1.44. The van der Waals surface area contributed by atoms with E-state index in [9.17, 15) is 8.42 Å². The largest absolute Gasteiger partial charge is 0.356 e. The fourth-order valence-corrected chi connectivity index (χ4v) is 5.65. The fourth-order valence-electron chi connectivity index (χ4n) is 2.63. The van der Waals surface area contributed by atoms with E-state index in [4.69, 9.17) is 4.52 Å². The molecule has 0 atom stereocenters. The zero-order chi connectivity index (χ0) is 17.5. The zero-order valence-corrected chi connectivity index (χ0v) is 15.5. The molecular weight excluding hydrogens is 344 g/mol. The fraction of sp³-hybridized carbons (Fsp3) is 0.235. The van der Waals surface area contributed by atoms with Crippen LogP contribution in [0.5, 0.6) is 0 Å². The standard InChI is InChI=1S/C17H18N2O3S2/c1-11-5-7-14(8-6-11)19(4)24(20,21)17-13(3)23-12(2)16(17)15-9-10-18-22-15/h5-10H,1-4H3. The molecule has 2 heterocycles. The summed E-state index contributed by atoms with van der Waals surface area (Å²) in [4.78, 5) is 1.91. The summed E-state index contributed by atoms with van der Waals surface area (Å²) in [5.74, 6) is 0.465. The summed E-state index contributed by atoms with van der Waals surface area (Å²) in [5, 5.41) is 3.71. The van der Waals surface area contributed by atoms with Gasteiger partial charge in [0.05, 0.1) is 17.4 Å². The number of rotatable bonds is 4. The third-order valence-corrected chi connectivity index (χ3v) is 7.01. The van der Waals surface area contributed by atoms with Crippen molar-refractivity contribution in [1.29, 1.82) is 0 Å². The van der Waals surface area contributed by atoms with Gasteiger partial charge in [0, 0.05) is 22.9 Å². The molecule has 0 spiro atoms. The van der Waals surface area contributed by atoms with Crippen LogP contribution in [0.2, 0.25) is 0 Å². The summed E-state index contributed by atoms with van der Waals surface area (Å²) < 4.78 is 33.0. The summed E-state index contributed by atoms with van der Waals surface area (Å²) in [6.07, 6.45) is 1.52. The van der Waals surface area contributed by atoms with Gasteiger partial charge in [0.25, 0.3) is 10.0 Å². The normalized spacial score (nSPS) is 11.7. The Kier molecular flexibility index (Phi) is 4.23. The molecule has 0 unspecified atom stereocenters. The SMILES string of the molecule is Cc1ccc(N(C)S(=O)(=O)c2c(C)sc(C)c2-c2ccno2)cc1. The molecule has 3 rings (SSSR count). The average molecular weight is 362 g/mol. The van der Waals surface area contributed by atoms with E-state index in [-0.39, 0.29) is 4.90 Å². The van der Waals surface area contributed by atoms with Gasteiger partial charge < -0.3 is 4.52 Å². The van der Waals surface area contributed by atoms with Gasteiger partial charge in [-0.05, 0) is 32.9 Å². The lowest BCUT2D eigenvalue weighted by Gasteiger charge is -2.20. The molecule has 0 bridgehead atoms. The quantitative estimate of drug-likeness (QED) is 0.699. The molecule has 126 valence electrons. The molecule has 0 amide bonds. The van der Waals surface area contributed by atoms with Crippen molar-refractivity contribution < 1.29 is 12.9 Å². The molecule has 0 fully saturated rings. The van der Waals surface area contributed by atoms with Gasteiger partial charge in [0.2, 0.25) is 0 Å². The van der Waals surface area contributed by atoms with Crippen LogP contribution in [0.4, 0.5) is 5.69 Å². The van der Waals surface area contributed by atoms with Gasteiger partial charge in [-0.15, -0.1) is 11.3 Å². The Labute approximate surface area is 145 Å². The zero-order valence-electron chi connectivity index (χ0n) is 13.9. The number of hydrogen-bond donors (Lipinski definition) is 0. The van der Waals surface area contributed by atoms with Gasteiger partial charge >= 0.3 is 0 Å². The van der Waals surface area contributed by atoms with E-state index in [1.807, 2.05) is 32.9 Å². The van der Waals surface area contributed by atoms with E-state index < -0.39 is 10.0 Å². The number of benzene rings is 1. The third kappa shape index (κ3) is 2.74. The molecule has 0 radical (unpaired) electrons. The second-order valence-electron chi connectivity index (χ2n) is 5.60. The van der Waals surface area contributed by atoms with Crippen LogP contribution in [0.15, 0.2) is 45.9 Å². The van der Waals surface area contributed by atoms with Crippen molar-refractivity contribution in [3.05, 3.63) is 51.8 Å². The number of anilines is 1. The Morgan fingerprint density at radius 2 is 1.71 bits per heavy atom. The Morgan fingerprint density at radius 3 is 2.29 bits per heavy atom. The van der Waals surface area contributed by atoms with Crippen LogP contribution in [-0.4, -0.2) is 20.6 Å². The average Bonchev–Trinajstić information content (AvgIpc) is 3.14. The number of sulfonamides is 1. The predicted octanol–water partition coefficient (Wildman–Crippen LogP) is 4.15. The number of aryl methyl sites for hydroxylation is 3. The number of thiophene rings is 1. The maximum atomic E-state index is 13.2. The molecule has 2 aromatic heterocycles. The molecule has 0 saturated carbocycles. The van der Waals surface area contributed by atoms with Gasteiger partial charge in [-0.25, -0.2) is 8.42 Å². The molecule has 0 saturated heterocycles. The van der Waals surface area contributed by atoms with Crippen LogP contribution in [0.25, 0.3) is 11.3 Å². The van der Waals surface area contributed by atoms with Crippen molar-refractivity contribution in [1.82, 2.24) is 5.16 Å². The monoisotopic (exact) mass is 362 g/mol. The van der Waals surface area contributed by atoms with Crippen LogP contribution in [0, 0.1) is 20.8 Å². The third-order valence-electron chi connectivity index (χ3n) is 3.91. The molecule has 0 aliphatic heterocycles. The lowest BCUT2D eigenvalue weighted by molar-refractivity contribution is 0.431. The molecule has 3 aromatic rings. The first-order chi connectivity index (χ1) is 11.3. The topological polar surface area (TPSA) is 63.4 Å². The van der Waals surface area contributed by atoms with Gasteiger partial charge in [-0.2, -0.15) is 0 Å². The smallest absolute Gasteiger partial charge is 0.265 e. The Hall–Kier alpha value is -2.12. The van der Waals surface area contributed by atoms with Crippen LogP contribution in [-0.2, 0) is 10.0 Å². The highest BCUT2D eigenvalue weighted by atomic mass is 32.2. The van der Waals surface area contributed by atoms with Crippen molar-refractivity contribution in [3.63, 3.8) is 0 Å². The van der Waals surface area contributed by atoms with E-state index in [0.717, 1.165) is 15.3 Å². The van der Waals surface area contributed by atoms with E-state index >= 15 is 0 Å². The molecule has 5 nitrogen and oxygen atoms in total. The van der Waals surface area contributed by atoms with E-state index in [1.165, 1.54) is 21.8 Å². The molecule has 0 N–H and O–H groups in total. The van der Waals surface area contributed by atoms with Crippen molar-refractivity contribution in [2.45, 2.75) is 25.7 Å². The maximum absolute atomic E-state index is 13.2. The van der Waals surface area contributed by atoms with Crippen molar-refractivity contribution in [2.24, 2.45) is 0 Å². The second kappa shape index (κ2) is 6.07. The van der Waals surface area contributed by atoms with Crippen molar-refractivity contribution >= 4 is 27.0 Å². The minimum Gasteiger partial charge on any atom is -0.356 e. The molecule has 1 aromatic carbocycles. The van der Waals surface area contributed by atoms with Crippen LogP contribution >= 0.6 is 11.3 Å². The highest BCUT2D eigenvalue weighted by Crippen LogP contribution is 2.40. The summed E-state index contributed by atoms with van der Waals surface area (Å²) in [6, 6.07) is 9.07. The van der Waals surface area contributed by atoms with Gasteiger partial charge in [0.1, 0.15) is 4.90 Å². The van der Waals surface area contributed by atoms with Gasteiger partial charge in [-0.3, -0.25) is 4.31 Å². The Balaban J connectivity index is 2.16. The van der Waals surface area contributed by atoms with E-state index in [2.05, 4.69) is 5.16 Å². The molecule has 7 heteroatoms. The van der Waals surface area contributed by atoms with Crippen molar-refractivity contribution in [3.8, 4) is 11.3 Å². The Morgan fingerprint density at radius 1 is 1.04 bits per heavy atom. The highest BCUT2D eigenvalue weighted by Gasteiger charge is 2.31. The van der Waals surface area contributed by atoms with Crippen molar-refractivity contribution in [2.75, 3.05) is 11.4 Å². The first kappa shape index (κ1) is 16.7. The number of nitrogens with zero attached hydrogens (tertiary/aromatic N) is 2. The molecule has 0 aliphatic rings. The maximum Gasteiger partial charge on any atom is 0.265 e. The Bertz CT molecular complexity index is 956. The molecule has 24 heavy (non-hydrogen) atoms. The van der Waals surface area contributed by atoms with E-state index in [0.29, 0.717) is 17.0 Å². The first-order valence-corrected chi connectivity index (χ1v) is 9.64. The summed E-state index contributed by atoms with van der Waals surface area (Å²) in [7, 11) is -2.15. The second-order valence-corrected chi connectivity index (χ2v) is 8.94. The lowest BCUT2D eigenvalue weighted by atomic mass is 10.2. The van der Waals surface area contributed by atoms with Crippen LogP contribution in [0.3, 0.4) is 0 Å². The minimum absolute atomic E-state index is 0.282. The van der Waals surface area contributed by atoms with Crippen LogP contribution < -0.4 is 4.31 Å². The number of aromatic nitrogens is 1. The van der Waals surface area contributed by atoms with Gasteiger partial charge in [0.15, 0.2) is 5.76 Å². The number of hydrogen-bond acceptors (Lipinski definition) is 5. The highest BCUT2D eigenvalue weighted by molar-refractivity contribution is 7.93. The summed E-state index contributed by atoms with van der Waals surface area (Å²) in [5.41, 5.74) is 2.29. The van der Waals surface area contributed by atoms with Gasteiger partial charge in [-0.1, -0.05) is 22.9 Å². The first-order valence-electron chi connectivity index (χ1n) is 7.39. The minimum atomic E-state index is -3.72. The van der Waals surface area contributed by atoms with Crippen LogP contribution in [0.1, 0.15) is 15.3 Å². The lowest BCUT2D eigenvalue weighted by Crippen LogP contribution is -2.27.